The van der Waals surface area contributed by atoms with Gasteiger partial charge >= 0.3 is 0 Å². The van der Waals surface area contributed by atoms with E-state index in [1.165, 1.54) is 12.1 Å². The summed E-state index contributed by atoms with van der Waals surface area (Å²) in [5.74, 6) is -0.529. The number of fused-ring (bicyclic) bond motifs is 1. The molecule has 0 radical (unpaired) electrons. The minimum absolute atomic E-state index is 0.00543. The van der Waals surface area contributed by atoms with E-state index < -0.39 is 5.82 Å². The Balaban J connectivity index is 2.33. The Morgan fingerprint density at radius 2 is 2.05 bits per heavy atom. The highest BCUT2D eigenvalue weighted by Gasteiger charge is 2.09. The first-order chi connectivity index (χ1) is 9.60. The first kappa shape index (κ1) is 12.6. The predicted octanol–water partition coefficient (Wildman–Crippen LogP) is 4.01. The van der Waals surface area contributed by atoms with Crippen molar-refractivity contribution >= 4 is 23.3 Å². The summed E-state index contributed by atoms with van der Waals surface area (Å²) in [5.41, 5.74) is 3.61. The van der Waals surface area contributed by atoms with E-state index in [1.807, 2.05) is 31.2 Å². The lowest BCUT2D eigenvalue weighted by atomic mass is 10.2. The molecule has 0 bridgehead atoms. The van der Waals surface area contributed by atoms with Crippen LogP contribution in [0.2, 0.25) is 0 Å². The molecule has 20 heavy (non-hydrogen) atoms. The van der Waals surface area contributed by atoms with Crippen LogP contribution in [-0.4, -0.2) is 9.55 Å². The third-order valence-electron chi connectivity index (χ3n) is 3.17. The van der Waals surface area contributed by atoms with Gasteiger partial charge in [0.05, 0.1) is 16.6 Å². The van der Waals surface area contributed by atoms with Gasteiger partial charge in [0, 0.05) is 5.69 Å². The van der Waals surface area contributed by atoms with Crippen molar-refractivity contribution in [2.45, 2.75) is 6.92 Å². The SMILES string of the molecule is Cc1ccc2c(c1)[nH]c(=S)n2-c1ccc(F)c(C#N)c1. The van der Waals surface area contributed by atoms with Gasteiger partial charge < -0.3 is 4.98 Å². The highest BCUT2D eigenvalue weighted by molar-refractivity contribution is 7.71. The van der Waals surface area contributed by atoms with Gasteiger partial charge in [-0.15, -0.1) is 0 Å². The van der Waals surface area contributed by atoms with E-state index >= 15 is 0 Å². The number of nitriles is 1. The molecule has 0 aliphatic heterocycles. The highest BCUT2D eigenvalue weighted by atomic mass is 32.1. The van der Waals surface area contributed by atoms with E-state index in [1.54, 1.807) is 10.6 Å². The smallest absolute Gasteiger partial charge is 0.182 e. The molecule has 3 rings (SSSR count). The van der Waals surface area contributed by atoms with Crippen LogP contribution in [0.15, 0.2) is 36.4 Å². The summed E-state index contributed by atoms with van der Waals surface area (Å²) in [5, 5.41) is 8.93. The molecule has 3 aromatic rings. The molecule has 2 aromatic carbocycles. The van der Waals surface area contributed by atoms with Crippen LogP contribution in [0.4, 0.5) is 4.39 Å². The molecule has 0 saturated heterocycles. The fraction of sp³-hybridized carbons (Fsp3) is 0.0667. The zero-order valence-electron chi connectivity index (χ0n) is 10.6. The molecule has 5 heteroatoms. The van der Waals surface area contributed by atoms with E-state index in [-0.39, 0.29) is 5.56 Å². The van der Waals surface area contributed by atoms with Gasteiger partial charge in [-0.2, -0.15) is 5.26 Å². The average Bonchev–Trinajstić information content (AvgIpc) is 2.74. The summed E-state index contributed by atoms with van der Waals surface area (Å²) >= 11 is 5.32. The van der Waals surface area contributed by atoms with Gasteiger partial charge in [-0.05, 0) is 55.0 Å². The summed E-state index contributed by atoms with van der Waals surface area (Å²) in [4.78, 5) is 3.12. The van der Waals surface area contributed by atoms with Crippen molar-refractivity contribution < 1.29 is 4.39 Å². The number of nitrogens with one attached hydrogen (secondary N) is 1. The van der Waals surface area contributed by atoms with Gasteiger partial charge in [0.2, 0.25) is 0 Å². The van der Waals surface area contributed by atoms with Crippen LogP contribution < -0.4 is 0 Å². The molecule has 1 heterocycles. The summed E-state index contributed by atoms with van der Waals surface area (Å²) in [6.07, 6.45) is 0. The van der Waals surface area contributed by atoms with Crippen LogP contribution in [0.1, 0.15) is 11.1 Å². The molecule has 0 fully saturated rings. The minimum atomic E-state index is -0.529. The first-order valence-corrected chi connectivity index (χ1v) is 6.42. The molecule has 98 valence electrons. The number of aryl methyl sites for hydroxylation is 1. The van der Waals surface area contributed by atoms with Gasteiger partial charge in [-0.3, -0.25) is 4.57 Å². The van der Waals surface area contributed by atoms with Crippen LogP contribution in [-0.2, 0) is 0 Å². The Bertz CT molecular complexity index is 915. The topological polar surface area (TPSA) is 44.5 Å². The first-order valence-electron chi connectivity index (χ1n) is 6.01. The standard InChI is InChI=1S/C15H10FN3S/c1-9-2-5-14-13(6-9)18-15(20)19(14)11-3-4-12(16)10(7-11)8-17/h2-7H,1H3,(H,18,20). The van der Waals surface area contributed by atoms with Gasteiger partial charge in [0.25, 0.3) is 0 Å². The van der Waals surface area contributed by atoms with Crippen LogP contribution in [0.3, 0.4) is 0 Å². The summed E-state index contributed by atoms with van der Waals surface area (Å²) in [6.45, 7) is 2.00. The third-order valence-corrected chi connectivity index (χ3v) is 3.45. The Morgan fingerprint density at radius 3 is 2.80 bits per heavy atom. The number of halogens is 1. The fourth-order valence-electron chi connectivity index (χ4n) is 2.22. The number of aromatic nitrogens is 2. The number of aromatic amines is 1. The molecule has 0 atom stereocenters. The second-order valence-electron chi connectivity index (χ2n) is 4.56. The monoisotopic (exact) mass is 283 g/mol. The predicted molar refractivity (Wildman–Crippen MR) is 77.9 cm³/mol. The summed E-state index contributed by atoms with van der Waals surface area (Å²) < 4.78 is 15.7. The largest absolute Gasteiger partial charge is 0.330 e. The fourth-order valence-corrected chi connectivity index (χ4v) is 2.53. The number of rotatable bonds is 1. The van der Waals surface area contributed by atoms with E-state index in [0.29, 0.717) is 10.5 Å². The van der Waals surface area contributed by atoms with Gasteiger partial charge in [-0.1, -0.05) is 6.07 Å². The number of hydrogen-bond acceptors (Lipinski definition) is 2. The van der Waals surface area contributed by atoms with Gasteiger partial charge in [0.15, 0.2) is 4.77 Å². The second-order valence-corrected chi connectivity index (χ2v) is 4.95. The normalized spacial score (nSPS) is 10.7. The van der Waals surface area contributed by atoms with E-state index in [0.717, 1.165) is 16.6 Å². The van der Waals surface area contributed by atoms with Crippen molar-refractivity contribution in [1.29, 1.82) is 5.26 Å². The Kier molecular flexibility index (Phi) is 2.88. The van der Waals surface area contributed by atoms with Crippen LogP contribution in [0.5, 0.6) is 0 Å². The van der Waals surface area contributed by atoms with Crippen molar-refractivity contribution in [1.82, 2.24) is 9.55 Å². The van der Waals surface area contributed by atoms with Crippen molar-refractivity contribution in [2.75, 3.05) is 0 Å². The van der Waals surface area contributed by atoms with Crippen molar-refractivity contribution in [3.63, 3.8) is 0 Å². The van der Waals surface area contributed by atoms with Gasteiger partial charge in [-0.25, -0.2) is 4.39 Å². The molecule has 0 aliphatic carbocycles. The molecule has 0 unspecified atom stereocenters. The molecule has 3 nitrogen and oxygen atoms in total. The Morgan fingerprint density at radius 1 is 1.25 bits per heavy atom. The maximum absolute atomic E-state index is 13.4. The van der Waals surface area contributed by atoms with Crippen molar-refractivity contribution in [3.8, 4) is 11.8 Å². The molecule has 1 N–H and O–H groups in total. The second kappa shape index (κ2) is 4.58. The van der Waals surface area contributed by atoms with Crippen molar-refractivity contribution in [2.24, 2.45) is 0 Å². The number of imidazole rings is 1. The molecular formula is C15H10FN3S. The van der Waals surface area contributed by atoms with Gasteiger partial charge in [0.1, 0.15) is 11.9 Å². The Labute approximate surface area is 119 Å². The van der Waals surface area contributed by atoms with E-state index in [2.05, 4.69) is 4.98 Å². The lowest BCUT2D eigenvalue weighted by molar-refractivity contribution is 0.623. The average molecular weight is 283 g/mol. The maximum Gasteiger partial charge on any atom is 0.182 e. The number of H-pyrrole nitrogens is 1. The van der Waals surface area contributed by atoms with E-state index in [4.69, 9.17) is 17.5 Å². The zero-order valence-corrected chi connectivity index (χ0v) is 11.5. The van der Waals surface area contributed by atoms with Crippen molar-refractivity contribution in [3.05, 3.63) is 58.1 Å². The number of hydrogen-bond donors (Lipinski definition) is 1. The molecule has 0 saturated carbocycles. The third kappa shape index (κ3) is 1.91. The number of nitrogens with zero attached hydrogens (tertiary/aromatic N) is 2. The highest BCUT2D eigenvalue weighted by Crippen LogP contribution is 2.22. The molecule has 1 aromatic heterocycles. The minimum Gasteiger partial charge on any atom is -0.330 e. The Hall–Kier alpha value is -2.45. The van der Waals surface area contributed by atoms with Crippen LogP contribution in [0.25, 0.3) is 16.7 Å². The molecule has 0 amide bonds. The van der Waals surface area contributed by atoms with Crippen LogP contribution >= 0.6 is 12.2 Å². The molecular weight excluding hydrogens is 273 g/mol. The maximum atomic E-state index is 13.4. The summed E-state index contributed by atoms with van der Waals surface area (Å²) in [6, 6.07) is 12.2. The van der Waals surface area contributed by atoms with E-state index in [9.17, 15) is 4.39 Å². The molecule has 0 aliphatic rings. The van der Waals surface area contributed by atoms with Crippen LogP contribution in [0, 0.1) is 28.8 Å². The lowest BCUT2D eigenvalue weighted by Crippen LogP contribution is -1.96. The molecule has 0 spiro atoms. The zero-order chi connectivity index (χ0) is 14.3. The quantitative estimate of drug-likeness (QED) is 0.686. The summed E-state index contributed by atoms with van der Waals surface area (Å²) in [7, 11) is 0. The number of benzene rings is 2. The lowest BCUT2D eigenvalue weighted by Gasteiger charge is -2.05.